The predicted molar refractivity (Wildman–Crippen MR) is 141 cm³/mol. The van der Waals surface area contributed by atoms with Crippen LogP contribution in [0, 0.1) is 24.0 Å². The smallest absolute Gasteiger partial charge is 0.417 e. The lowest BCUT2D eigenvalue weighted by molar-refractivity contribution is -0.137. The molecule has 12 heteroatoms. The molecule has 0 amide bonds. The second kappa shape index (κ2) is 11.7. The zero-order valence-electron chi connectivity index (χ0n) is 21.7. The summed E-state index contributed by atoms with van der Waals surface area (Å²) < 4.78 is 78.3. The predicted octanol–water partition coefficient (Wildman–Crippen LogP) is 6.58. The number of hydrogen-bond acceptors (Lipinski definition) is 7. The van der Waals surface area contributed by atoms with Crippen LogP contribution in [0.5, 0.6) is 5.88 Å². The number of pyridine rings is 1. The lowest BCUT2D eigenvalue weighted by Gasteiger charge is -2.22. The summed E-state index contributed by atoms with van der Waals surface area (Å²) in [6.07, 6.45) is -3.73. The van der Waals surface area contributed by atoms with Gasteiger partial charge in [-0.3, -0.25) is 4.79 Å². The van der Waals surface area contributed by atoms with Crippen LogP contribution in [0.15, 0.2) is 24.3 Å². The normalized spacial score (nSPS) is 12.1. The molecule has 3 aromatic rings. The molecule has 1 atom stereocenters. The molecule has 2 aromatic carbocycles. The van der Waals surface area contributed by atoms with Gasteiger partial charge < -0.3 is 26.5 Å². The van der Waals surface area contributed by atoms with Crippen molar-refractivity contribution in [2.24, 2.45) is 0 Å². The Hall–Kier alpha value is -4.22. The molecule has 0 fully saturated rings. The van der Waals surface area contributed by atoms with E-state index in [-0.39, 0.29) is 12.1 Å². The third-order valence-corrected chi connectivity index (χ3v) is 6.22. The lowest BCUT2D eigenvalue weighted by atomic mass is 9.95. The summed E-state index contributed by atoms with van der Waals surface area (Å²) in [5.74, 6) is -2.95. The number of carbonyl (C=O) groups is 1. The van der Waals surface area contributed by atoms with Crippen LogP contribution in [0.1, 0.15) is 52.9 Å². The Morgan fingerprint density at radius 2 is 1.90 bits per heavy atom. The van der Waals surface area contributed by atoms with Gasteiger partial charge in [0.1, 0.15) is 17.1 Å². The average molecular weight is 550 g/mol. The Kier molecular flexibility index (Phi) is 8.78. The number of nitrogens with two attached hydrogens (primary N) is 1. The number of halogens is 5. The van der Waals surface area contributed by atoms with Gasteiger partial charge in [0.05, 0.1) is 23.0 Å². The van der Waals surface area contributed by atoms with Crippen molar-refractivity contribution >= 4 is 29.6 Å². The second-order valence-corrected chi connectivity index (χ2v) is 8.82. The van der Waals surface area contributed by atoms with Gasteiger partial charge in [-0.2, -0.15) is 13.2 Å². The summed E-state index contributed by atoms with van der Waals surface area (Å²) in [4.78, 5) is 16.0. The minimum atomic E-state index is -5.07. The monoisotopic (exact) mass is 549 g/mol. The highest BCUT2D eigenvalue weighted by atomic mass is 19.4. The van der Waals surface area contributed by atoms with E-state index < -0.39 is 63.6 Å². The molecule has 0 aliphatic carbocycles. The molecule has 0 radical (unpaired) electrons. The highest BCUT2D eigenvalue weighted by Crippen LogP contribution is 2.44. The number of hydrogen-bond donors (Lipinski definition) is 4. The molecule has 0 saturated heterocycles. The van der Waals surface area contributed by atoms with Crippen molar-refractivity contribution in [1.82, 2.24) is 4.98 Å². The Bertz CT molecular complexity index is 1410. The second-order valence-electron chi connectivity index (χ2n) is 8.82. The number of nitrogens with one attached hydrogen (secondary N) is 3. The van der Waals surface area contributed by atoms with E-state index in [1.807, 2.05) is 0 Å². The number of aldehydes is 1. The standard InChI is InChI=1S/C27H28F5N5O2/c1-5-13(2)39-26-18(12-38)24(36-11-15-6-7-20(35-4)16(8-15)10-33)23(29)25(37-26)17-9-19(34)22(28)14(3)21(17)27(30,31)32/h6-10,12-13,33,35H,5,11,34H2,1-4H3,(H,36,37). The third-order valence-electron chi connectivity index (χ3n) is 6.22. The number of aromatic nitrogens is 1. The first-order chi connectivity index (χ1) is 18.4. The maximum atomic E-state index is 16.0. The first-order valence-electron chi connectivity index (χ1n) is 11.9. The Labute approximate surface area is 222 Å². The first-order valence-corrected chi connectivity index (χ1v) is 11.9. The van der Waals surface area contributed by atoms with Gasteiger partial charge in [-0.15, -0.1) is 0 Å². The Balaban J connectivity index is 2.27. The van der Waals surface area contributed by atoms with Gasteiger partial charge in [-0.1, -0.05) is 13.0 Å². The van der Waals surface area contributed by atoms with Crippen molar-refractivity contribution in [2.45, 2.75) is 46.0 Å². The molecule has 208 valence electrons. The van der Waals surface area contributed by atoms with E-state index in [2.05, 4.69) is 15.6 Å². The van der Waals surface area contributed by atoms with Crippen molar-refractivity contribution in [1.29, 1.82) is 5.41 Å². The topological polar surface area (TPSA) is 113 Å². The SMILES string of the molecule is CCC(C)Oc1nc(-c2cc(N)c(F)c(C)c2C(F)(F)F)c(F)c(NCc2ccc(NC)c(C=N)c2)c1C=O. The molecular formula is C27H28F5N5O2. The van der Waals surface area contributed by atoms with Crippen molar-refractivity contribution in [3.05, 3.63) is 63.7 Å². The van der Waals surface area contributed by atoms with Crippen LogP contribution in [-0.2, 0) is 12.7 Å². The number of carbonyl (C=O) groups excluding carboxylic acids is 1. The van der Waals surface area contributed by atoms with E-state index in [9.17, 15) is 22.4 Å². The summed E-state index contributed by atoms with van der Waals surface area (Å²) in [7, 11) is 1.68. The largest absolute Gasteiger partial charge is 0.474 e. The maximum Gasteiger partial charge on any atom is 0.417 e. The molecular weight excluding hydrogens is 521 g/mol. The van der Waals surface area contributed by atoms with Crippen molar-refractivity contribution in [3.8, 4) is 17.1 Å². The van der Waals surface area contributed by atoms with Crippen molar-refractivity contribution < 1.29 is 31.5 Å². The Morgan fingerprint density at radius 3 is 2.46 bits per heavy atom. The molecule has 1 heterocycles. The highest BCUT2D eigenvalue weighted by Gasteiger charge is 2.39. The quantitative estimate of drug-likeness (QED) is 0.0984. The van der Waals surface area contributed by atoms with Crippen LogP contribution in [0.25, 0.3) is 11.3 Å². The third kappa shape index (κ3) is 5.94. The zero-order valence-corrected chi connectivity index (χ0v) is 21.7. The van der Waals surface area contributed by atoms with Gasteiger partial charge in [0, 0.05) is 36.6 Å². The summed E-state index contributed by atoms with van der Waals surface area (Å²) >= 11 is 0. The summed E-state index contributed by atoms with van der Waals surface area (Å²) in [6, 6.07) is 5.70. The molecule has 39 heavy (non-hydrogen) atoms. The van der Waals surface area contributed by atoms with E-state index in [1.54, 1.807) is 39.1 Å². The van der Waals surface area contributed by atoms with Gasteiger partial charge in [0.2, 0.25) is 5.88 Å². The summed E-state index contributed by atoms with van der Waals surface area (Å²) in [5.41, 5.74) is 2.14. The molecule has 0 aliphatic rings. The van der Waals surface area contributed by atoms with Crippen LogP contribution < -0.4 is 21.1 Å². The molecule has 0 spiro atoms. The fourth-order valence-corrected chi connectivity index (χ4v) is 4.01. The number of benzene rings is 2. The molecule has 5 N–H and O–H groups in total. The van der Waals surface area contributed by atoms with Crippen LogP contribution in [-0.4, -0.2) is 30.6 Å². The number of rotatable bonds is 10. The van der Waals surface area contributed by atoms with Crippen molar-refractivity contribution in [3.63, 3.8) is 0 Å². The van der Waals surface area contributed by atoms with Gasteiger partial charge >= 0.3 is 6.18 Å². The molecule has 7 nitrogen and oxygen atoms in total. The summed E-state index contributed by atoms with van der Waals surface area (Å²) in [5, 5.41) is 13.3. The van der Waals surface area contributed by atoms with E-state index in [4.69, 9.17) is 15.9 Å². The lowest BCUT2D eigenvalue weighted by Crippen LogP contribution is -2.17. The molecule has 0 saturated carbocycles. The average Bonchev–Trinajstić information content (AvgIpc) is 2.90. The maximum absolute atomic E-state index is 16.0. The van der Waals surface area contributed by atoms with E-state index in [0.717, 1.165) is 13.1 Å². The zero-order chi connectivity index (χ0) is 29.1. The van der Waals surface area contributed by atoms with Gasteiger partial charge in [-0.25, -0.2) is 13.8 Å². The molecule has 0 aliphatic heterocycles. The van der Waals surface area contributed by atoms with Gasteiger partial charge in [0.25, 0.3) is 0 Å². The molecule has 3 rings (SSSR count). The number of nitrogen functional groups attached to an aromatic ring is 1. The fourth-order valence-electron chi connectivity index (χ4n) is 4.01. The summed E-state index contributed by atoms with van der Waals surface area (Å²) in [6.45, 7) is 4.25. The first kappa shape index (κ1) is 29.3. The highest BCUT2D eigenvalue weighted by molar-refractivity contribution is 5.90. The van der Waals surface area contributed by atoms with Crippen LogP contribution in [0.4, 0.5) is 39.0 Å². The van der Waals surface area contributed by atoms with Gasteiger partial charge in [-0.05, 0) is 49.6 Å². The molecule has 1 unspecified atom stereocenters. The fraction of sp³-hybridized carbons (Fsp3) is 0.296. The van der Waals surface area contributed by atoms with Gasteiger partial charge in [0.15, 0.2) is 12.1 Å². The van der Waals surface area contributed by atoms with Crippen LogP contribution in [0.2, 0.25) is 0 Å². The number of alkyl halides is 3. The van der Waals surface area contributed by atoms with E-state index in [0.29, 0.717) is 35.6 Å². The minimum Gasteiger partial charge on any atom is -0.474 e. The molecule has 1 aromatic heterocycles. The van der Waals surface area contributed by atoms with Crippen LogP contribution >= 0.6 is 0 Å². The van der Waals surface area contributed by atoms with E-state index >= 15 is 4.39 Å². The van der Waals surface area contributed by atoms with Crippen molar-refractivity contribution in [2.75, 3.05) is 23.4 Å². The number of anilines is 3. The number of nitrogens with zero attached hydrogens (tertiary/aromatic N) is 1. The molecule has 0 bridgehead atoms. The van der Waals surface area contributed by atoms with E-state index in [1.165, 1.54) is 0 Å². The minimum absolute atomic E-state index is 0.0640. The van der Waals surface area contributed by atoms with Crippen LogP contribution in [0.3, 0.4) is 0 Å². The number of ether oxygens (including phenoxy) is 1. The Morgan fingerprint density at radius 1 is 1.21 bits per heavy atom.